The summed E-state index contributed by atoms with van der Waals surface area (Å²) in [5, 5.41) is 5.40. The van der Waals surface area contributed by atoms with Gasteiger partial charge in [-0.1, -0.05) is 12.6 Å². The Balaban J connectivity index is 1.24. The van der Waals surface area contributed by atoms with E-state index in [0.29, 0.717) is 49.4 Å². The second kappa shape index (κ2) is 11.9. The van der Waals surface area contributed by atoms with Crippen molar-refractivity contribution < 1.29 is 17.9 Å². The van der Waals surface area contributed by atoms with Gasteiger partial charge in [-0.15, -0.1) is 0 Å². The Morgan fingerprint density at radius 3 is 2.78 bits per heavy atom. The molecule has 6 heterocycles. The van der Waals surface area contributed by atoms with Crippen molar-refractivity contribution in [3.05, 3.63) is 54.9 Å². The molecule has 4 aliphatic rings. The van der Waals surface area contributed by atoms with Crippen LogP contribution in [0.5, 0.6) is 0 Å². The number of anilines is 4. The lowest BCUT2D eigenvalue weighted by molar-refractivity contribution is -0.129. The topological polar surface area (TPSA) is 121 Å². The summed E-state index contributed by atoms with van der Waals surface area (Å²) in [5.74, 6) is 2.20. The number of hydrogen-bond acceptors (Lipinski definition) is 10. The summed E-state index contributed by atoms with van der Waals surface area (Å²) in [6.45, 7) is 8.78. The summed E-state index contributed by atoms with van der Waals surface area (Å²) < 4.78 is 29.9. The van der Waals surface area contributed by atoms with E-state index in [1.807, 2.05) is 17.2 Å². The Morgan fingerprint density at radius 2 is 1.98 bits per heavy atom. The summed E-state index contributed by atoms with van der Waals surface area (Å²) in [4.78, 5) is 33.6. The van der Waals surface area contributed by atoms with Crippen molar-refractivity contribution in [1.29, 1.82) is 0 Å². The SMILES string of the molecule is C=CC(=O)N1CCCC[C@H]1c1ccc(N2C[C@H](CS(C)(=O)=O)[C@H]2C)c2cnc(Nc3ccnc(N4CC[C@@H]5C[C@H]4CO5)n3)cc12. The van der Waals surface area contributed by atoms with E-state index in [9.17, 15) is 13.2 Å². The number of ether oxygens (including phenoxy) is 1. The molecule has 4 saturated heterocycles. The Labute approximate surface area is 264 Å². The van der Waals surface area contributed by atoms with Crippen LogP contribution in [0.4, 0.5) is 23.3 Å². The normalized spacial score (nSPS) is 26.5. The maximum Gasteiger partial charge on any atom is 0.246 e. The number of nitrogens with one attached hydrogen (secondary N) is 1. The highest BCUT2D eigenvalue weighted by atomic mass is 32.2. The summed E-state index contributed by atoms with van der Waals surface area (Å²) in [5.41, 5.74) is 2.09. The molecule has 4 fully saturated rings. The minimum atomic E-state index is -3.06. The molecule has 45 heavy (non-hydrogen) atoms. The first-order chi connectivity index (χ1) is 21.7. The highest BCUT2D eigenvalue weighted by Crippen LogP contribution is 2.42. The molecule has 3 aromatic rings. The van der Waals surface area contributed by atoms with E-state index in [1.54, 1.807) is 6.20 Å². The number of nitrogens with zero attached hydrogens (tertiary/aromatic N) is 6. The number of likely N-dealkylation sites (tertiary alicyclic amines) is 1. The van der Waals surface area contributed by atoms with Crippen molar-refractivity contribution in [3.63, 3.8) is 0 Å². The number of carbonyl (C=O) groups excluding carboxylic acids is 1. The Kier molecular flexibility index (Phi) is 7.89. The zero-order valence-electron chi connectivity index (χ0n) is 25.9. The maximum absolute atomic E-state index is 12.9. The second-order valence-corrected chi connectivity index (χ2v) is 15.2. The maximum atomic E-state index is 12.9. The number of fused-ring (bicyclic) bond motifs is 3. The van der Waals surface area contributed by atoms with E-state index < -0.39 is 9.84 Å². The fourth-order valence-electron chi connectivity index (χ4n) is 7.60. The first kappa shape index (κ1) is 29.9. The van der Waals surface area contributed by atoms with Crippen LogP contribution < -0.4 is 15.1 Å². The van der Waals surface area contributed by atoms with Crippen LogP contribution in [0.1, 0.15) is 50.6 Å². The van der Waals surface area contributed by atoms with Crippen LogP contribution in [0.25, 0.3) is 10.8 Å². The van der Waals surface area contributed by atoms with Gasteiger partial charge in [-0.2, -0.15) is 4.98 Å². The van der Waals surface area contributed by atoms with Gasteiger partial charge in [-0.25, -0.2) is 18.4 Å². The molecule has 2 bridgehead atoms. The van der Waals surface area contributed by atoms with Gasteiger partial charge in [0, 0.05) is 61.3 Å². The van der Waals surface area contributed by atoms with Crippen molar-refractivity contribution >= 4 is 49.8 Å². The third-order valence-electron chi connectivity index (χ3n) is 10.0. The molecule has 0 spiro atoms. The molecular formula is C33H41N7O4S. The van der Waals surface area contributed by atoms with E-state index in [-0.39, 0.29) is 29.7 Å². The van der Waals surface area contributed by atoms with Crippen LogP contribution >= 0.6 is 0 Å². The van der Waals surface area contributed by atoms with Crippen molar-refractivity contribution in [2.24, 2.45) is 5.92 Å². The number of amides is 1. The number of benzene rings is 1. The Morgan fingerprint density at radius 1 is 1.11 bits per heavy atom. The third kappa shape index (κ3) is 5.85. The van der Waals surface area contributed by atoms with Gasteiger partial charge in [0.1, 0.15) is 21.5 Å². The van der Waals surface area contributed by atoms with E-state index in [0.717, 1.165) is 60.7 Å². The largest absolute Gasteiger partial charge is 0.376 e. The molecule has 1 amide bonds. The molecule has 12 heteroatoms. The fraction of sp³-hybridized carbons (Fsp3) is 0.515. The van der Waals surface area contributed by atoms with Gasteiger partial charge in [0.05, 0.1) is 30.5 Å². The molecule has 0 radical (unpaired) electrons. The highest BCUT2D eigenvalue weighted by Gasteiger charge is 2.39. The van der Waals surface area contributed by atoms with Gasteiger partial charge in [0.15, 0.2) is 0 Å². The van der Waals surface area contributed by atoms with Gasteiger partial charge in [-0.3, -0.25) is 4.79 Å². The summed E-state index contributed by atoms with van der Waals surface area (Å²) in [7, 11) is -3.06. The highest BCUT2D eigenvalue weighted by molar-refractivity contribution is 7.90. The molecule has 0 saturated carbocycles. The van der Waals surface area contributed by atoms with Crippen LogP contribution in [-0.4, -0.2) is 90.6 Å². The number of piperidine rings is 2. The van der Waals surface area contributed by atoms with E-state index in [2.05, 4.69) is 51.8 Å². The fourth-order valence-corrected chi connectivity index (χ4v) is 8.76. The van der Waals surface area contributed by atoms with Gasteiger partial charge in [-0.05, 0) is 74.3 Å². The number of pyridine rings is 1. The molecule has 0 unspecified atom stereocenters. The van der Waals surface area contributed by atoms with Crippen LogP contribution in [0.3, 0.4) is 0 Å². The molecule has 0 aliphatic carbocycles. The van der Waals surface area contributed by atoms with Crippen LogP contribution in [0.15, 0.2) is 49.3 Å². The number of aromatic nitrogens is 3. The molecule has 1 aromatic carbocycles. The lowest BCUT2D eigenvalue weighted by Crippen LogP contribution is -2.57. The Bertz CT molecular complexity index is 1730. The number of sulfone groups is 1. The molecule has 5 atom stereocenters. The lowest BCUT2D eigenvalue weighted by atomic mass is 9.87. The van der Waals surface area contributed by atoms with Crippen LogP contribution in [0.2, 0.25) is 0 Å². The van der Waals surface area contributed by atoms with E-state index in [4.69, 9.17) is 14.7 Å². The zero-order chi connectivity index (χ0) is 31.3. The molecule has 1 N–H and O–H groups in total. The molecule has 2 aromatic heterocycles. The molecule has 238 valence electrons. The van der Waals surface area contributed by atoms with Crippen molar-refractivity contribution in [2.75, 3.05) is 53.4 Å². The molecule has 7 rings (SSSR count). The van der Waals surface area contributed by atoms with Crippen LogP contribution in [0, 0.1) is 5.92 Å². The predicted octanol–water partition coefficient (Wildman–Crippen LogP) is 4.24. The summed E-state index contributed by atoms with van der Waals surface area (Å²) in [6, 6.07) is 8.44. The minimum absolute atomic E-state index is 0.0606. The van der Waals surface area contributed by atoms with Crippen molar-refractivity contribution in [3.8, 4) is 0 Å². The zero-order valence-corrected chi connectivity index (χ0v) is 26.7. The van der Waals surface area contributed by atoms with Crippen LogP contribution in [-0.2, 0) is 19.4 Å². The van der Waals surface area contributed by atoms with Gasteiger partial charge in [0.2, 0.25) is 11.9 Å². The van der Waals surface area contributed by atoms with Gasteiger partial charge >= 0.3 is 0 Å². The van der Waals surface area contributed by atoms with Gasteiger partial charge in [0.25, 0.3) is 0 Å². The van der Waals surface area contributed by atoms with Crippen molar-refractivity contribution in [2.45, 2.75) is 63.3 Å². The van der Waals surface area contributed by atoms with E-state index in [1.165, 1.54) is 12.3 Å². The average molecular weight is 632 g/mol. The third-order valence-corrected chi connectivity index (χ3v) is 11.0. The lowest BCUT2D eigenvalue weighted by Gasteiger charge is -2.48. The Hall–Kier alpha value is -3.77. The van der Waals surface area contributed by atoms with Crippen molar-refractivity contribution in [1.82, 2.24) is 19.9 Å². The van der Waals surface area contributed by atoms with Gasteiger partial charge < -0.3 is 24.8 Å². The number of hydrogen-bond donors (Lipinski definition) is 1. The standard InChI is InChI=1S/C33H41N7O4S/c1-4-32(41)39-13-6-5-7-28(39)25-8-9-29(40-18-22(21(40)2)20-45(3,42)43)27-17-35-31(16-26(25)27)36-30-10-12-34-33(37-30)38-14-11-24-15-23(38)19-44-24/h4,8-10,12,16-17,21-24,28H,1,5-7,11,13-15,18-20H2,2-3H3,(H,34,35,36,37)/t21-,22-,23+,24-,28+/m1/s1. The predicted molar refractivity (Wildman–Crippen MR) is 176 cm³/mol. The quantitative estimate of drug-likeness (QED) is 0.362. The first-order valence-corrected chi connectivity index (χ1v) is 18.0. The minimum Gasteiger partial charge on any atom is -0.376 e. The molecule has 11 nitrogen and oxygen atoms in total. The molecule has 4 aliphatic heterocycles. The summed E-state index contributed by atoms with van der Waals surface area (Å²) >= 11 is 0. The average Bonchev–Trinajstić information content (AvgIpc) is 3.41. The van der Waals surface area contributed by atoms with E-state index >= 15 is 0 Å². The molecular weight excluding hydrogens is 590 g/mol. The summed E-state index contributed by atoms with van der Waals surface area (Å²) in [6.07, 6.45) is 11.6. The monoisotopic (exact) mass is 631 g/mol. The second-order valence-electron chi connectivity index (χ2n) is 13.0. The number of carbonyl (C=O) groups is 1. The first-order valence-electron chi connectivity index (χ1n) is 16.0. The number of rotatable bonds is 8. The smallest absolute Gasteiger partial charge is 0.246 e.